The molecule has 0 saturated heterocycles. The molecule has 172 valence electrons. The van der Waals surface area contributed by atoms with E-state index in [1.807, 2.05) is 36.4 Å². The molecule has 9 nitrogen and oxygen atoms in total. The van der Waals surface area contributed by atoms with Crippen LogP contribution in [0.1, 0.15) is 5.56 Å². The van der Waals surface area contributed by atoms with Gasteiger partial charge in [0.1, 0.15) is 19.8 Å². The third-order valence-corrected chi connectivity index (χ3v) is 5.18. The second-order valence-electron chi connectivity index (χ2n) is 7.36. The van der Waals surface area contributed by atoms with Crippen molar-refractivity contribution in [2.45, 2.75) is 13.0 Å². The normalized spacial score (nSPS) is 12.2. The van der Waals surface area contributed by atoms with Gasteiger partial charge in [-0.2, -0.15) is 5.10 Å². The Morgan fingerprint density at radius 2 is 1.79 bits per heavy atom. The Morgan fingerprint density at radius 3 is 2.58 bits per heavy atom. The summed E-state index contributed by atoms with van der Waals surface area (Å²) in [6.45, 7) is 1.22. The standard InChI is InChI=1S/C24H25N3O6/c1-30-19-6-3-16(13-21(19)31-2)9-10-25-23(28)15-27-24(29)8-5-18(26-27)17-4-7-20-22(14-17)33-12-11-32-20/h3-8,13-14H,9-12,15H2,1-2H3,(H,25,28). The Balaban J connectivity index is 1.39. The molecular formula is C24H25N3O6. The average Bonchev–Trinajstić information content (AvgIpc) is 2.85. The van der Waals surface area contributed by atoms with Crippen LogP contribution in [-0.4, -0.2) is 49.7 Å². The summed E-state index contributed by atoms with van der Waals surface area (Å²) in [7, 11) is 3.16. The number of amides is 1. The van der Waals surface area contributed by atoms with Crippen LogP contribution < -0.4 is 29.8 Å². The summed E-state index contributed by atoms with van der Waals surface area (Å²) >= 11 is 0. The van der Waals surface area contributed by atoms with E-state index in [0.717, 1.165) is 15.8 Å². The van der Waals surface area contributed by atoms with E-state index in [4.69, 9.17) is 18.9 Å². The maximum absolute atomic E-state index is 12.4. The zero-order valence-electron chi connectivity index (χ0n) is 18.5. The molecular weight excluding hydrogens is 426 g/mol. The minimum atomic E-state index is -0.355. The van der Waals surface area contributed by atoms with Crippen molar-refractivity contribution in [3.8, 4) is 34.3 Å². The first kappa shape index (κ1) is 22.2. The molecule has 9 heteroatoms. The van der Waals surface area contributed by atoms with Gasteiger partial charge >= 0.3 is 0 Å². The first-order valence-corrected chi connectivity index (χ1v) is 10.5. The minimum absolute atomic E-state index is 0.177. The average molecular weight is 451 g/mol. The molecule has 0 atom stereocenters. The number of methoxy groups -OCH3 is 2. The largest absolute Gasteiger partial charge is 0.493 e. The van der Waals surface area contributed by atoms with Crippen molar-refractivity contribution in [1.82, 2.24) is 15.1 Å². The van der Waals surface area contributed by atoms with Gasteiger partial charge in [-0.25, -0.2) is 4.68 Å². The minimum Gasteiger partial charge on any atom is -0.493 e. The fraction of sp³-hybridized carbons (Fsp3) is 0.292. The number of hydrogen-bond acceptors (Lipinski definition) is 7. The zero-order valence-corrected chi connectivity index (χ0v) is 18.5. The number of aromatic nitrogens is 2. The maximum atomic E-state index is 12.4. The fourth-order valence-corrected chi connectivity index (χ4v) is 3.49. The van der Waals surface area contributed by atoms with Gasteiger partial charge in [0.05, 0.1) is 19.9 Å². The third-order valence-electron chi connectivity index (χ3n) is 5.18. The summed E-state index contributed by atoms with van der Waals surface area (Å²) < 4.78 is 22.8. The van der Waals surface area contributed by atoms with Gasteiger partial charge < -0.3 is 24.3 Å². The highest BCUT2D eigenvalue weighted by molar-refractivity contribution is 5.75. The SMILES string of the molecule is COc1ccc(CCNC(=O)Cn2nc(-c3ccc4c(c3)OCCO4)ccc2=O)cc1OC. The Hall–Kier alpha value is -4.01. The van der Waals surface area contributed by atoms with E-state index in [0.29, 0.717) is 54.9 Å². The molecule has 0 radical (unpaired) electrons. The highest BCUT2D eigenvalue weighted by Crippen LogP contribution is 2.33. The summed E-state index contributed by atoms with van der Waals surface area (Å²) in [6, 6.07) is 14.1. The van der Waals surface area contributed by atoms with E-state index in [9.17, 15) is 9.59 Å². The lowest BCUT2D eigenvalue weighted by Gasteiger charge is -2.18. The first-order valence-electron chi connectivity index (χ1n) is 10.5. The van der Waals surface area contributed by atoms with Crippen LogP contribution >= 0.6 is 0 Å². The molecule has 2 aromatic carbocycles. The number of carbonyl (C=O) groups excluding carboxylic acids is 1. The molecule has 2 heterocycles. The second kappa shape index (κ2) is 10.1. The molecule has 0 spiro atoms. The zero-order chi connectivity index (χ0) is 23.2. The Labute approximate surface area is 190 Å². The number of nitrogens with one attached hydrogen (secondary N) is 1. The summed E-state index contributed by atoms with van der Waals surface area (Å²) in [6.07, 6.45) is 0.603. The van der Waals surface area contributed by atoms with Crippen LogP contribution in [0.15, 0.2) is 53.3 Å². The molecule has 0 saturated carbocycles. The molecule has 3 aromatic rings. The molecule has 1 N–H and O–H groups in total. The number of hydrogen-bond donors (Lipinski definition) is 1. The van der Waals surface area contributed by atoms with Crippen LogP contribution in [0.4, 0.5) is 0 Å². The summed E-state index contributed by atoms with van der Waals surface area (Å²) in [5, 5.41) is 7.18. The van der Waals surface area contributed by atoms with Crippen molar-refractivity contribution in [2.24, 2.45) is 0 Å². The van der Waals surface area contributed by atoms with Crippen LogP contribution in [0.3, 0.4) is 0 Å². The Morgan fingerprint density at radius 1 is 1.00 bits per heavy atom. The smallest absolute Gasteiger partial charge is 0.267 e. The van der Waals surface area contributed by atoms with Gasteiger partial charge in [-0.1, -0.05) is 6.07 Å². The second-order valence-corrected chi connectivity index (χ2v) is 7.36. The van der Waals surface area contributed by atoms with Gasteiger partial charge in [-0.15, -0.1) is 0 Å². The van der Waals surface area contributed by atoms with Crippen molar-refractivity contribution in [3.05, 3.63) is 64.4 Å². The van der Waals surface area contributed by atoms with Crippen LogP contribution in [0.2, 0.25) is 0 Å². The van der Waals surface area contributed by atoms with E-state index < -0.39 is 0 Å². The van der Waals surface area contributed by atoms with Crippen molar-refractivity contribution in [3.63, 3.8) is 0 Å². The van der Waals surface area contributed by atoms with Crippen molar-refractivity contribution < 1.29 is 23.7 Å². The molecule has 33 heavy (non-hydrogen) atoms. The lowest BCUT2D eigenvalue weighted by Crippen LogP contribution is -2.34. The number of rotatable bonds is 8. The molecule has 0 bridgehead atoms. The number of ether oxygens (including phenoxy) is 4. The van der Waals surface area contributed by atoms with E-state index >= 15 is 0 Å². The topological polar surface area (TPSA) is 101 Å². The van der Waals surface area contributed by atoms with Gasteiger partial charge in [-0.3, -0.25) is 9.59 Å². The van der Waals surface area contributed by atoms with Gasteiger partial charge in [0, 0.05) is 18.2 Å². The molecule has 1 aromatic heterocycles. The molecule has 0 aliphatic carbocycles. The third kappa shape index (κ3) is 5.25. The fourth-order valence-electron chi connectivity index (χ4n) is 3.49. The predicted molar refractivity (Wildman–Crippen MR) is 121 cm³/mol. The molecule has 4 rings (SSSR count). The molecule has 1 aliphatic rings. The lowest BCUT2D eigenvalue weighted by molar-refractivity contribution is -0.121. The van der Waals surface area contributed by atoms with Crippen molar-refractivity contribution in [1.29, 1.82) is 0 Å². The van der Waals surface area contributed by atoms with Crippen LogP contribution in [0.25, 0.3) is 11.3 Å². The molecule has 0 fully saturated rings. The number of nitrogens with zero attached hydrogens (tertiary/aromatic N) is 2. The first-order chi connectivity index (χ1) is 16.1. The van der Waals surface area contributed by atoms with Crippen LogP contribution in [-0.2, 0) is 17.8 Å². The van der Waals surface area contributed by atoms with Gasteiger partial charge in [0.25, 0.3) is 5.56 Å². The van der Waals surface area contributed by atoms with E-state index in [2.05, 4.69) is 10.4 Å². The van der Waals surface area contributed by atoms with Crippen molar-refractivity contribution >= 4 is 5.91 Å². The van der Waals surface area contributed by atoms with Gasteiger partial charge in [0.2, 0.25) is 5.91 Å². The van der Waals surface area contributed by atoms with Gasteiger partial charge in [-0.05, 0) is 48.4 Å². The molecule has 1 amide bonds. The maximum Gasteiger partial charge on any atom is 0.267 e. The van der Waals surface area contributed by atoms with E-state index in [1.165, 1.54) is 6.07 Å². The van der Waals surface area contributed by atoms with E-state index in [-0.39, 0.29) is 18.0 Å². The summed E-state index contributed by atoms with van der Waals surface area (Å²) in [4.78, 5) is 24.7. The van der Waals surface area contributed by atoms with Crippen LogP contribution in [0.5, 0.6) is 23.0 Å². The van der Waals surface area contributed by atoms with Gasteiger partial charge in [0.15, 0.2) is 23.0 Å². The summed E-state index contributed by atoms with van der Waals surface area (Å²) in [5.74, 6) is 2.28. The Kier molecular flexibility index (Phi) is 6.77. The number of fused-ring (bicyclic) bond motifs is 1. The quantitative estimate of drug-likeness (QED) is 0.559. The highest BCUT2D eigenvalue weighted by atomic mass is 16.6. The monoisotopic (exact) mass is 451 g/mol. The van der Waals surface area contributed by atoms with Crippen molar-refractivity contribution in [2.75, 3.05) is 34.0 Å². The number of benzene rings is 2. The van der Waals surface area contributed by atoms with E-state index in [1.54, 1.807) is 20.3 Å². The lowest BCUT2D eigenvalue weighted by atomic mass is 10.1. The summed E-state index contributed by atoms with van der Waals surface area (Å²) in [5.41, 5.74) is 1.96. The Bertz CT molecular complexity index is 1210. The van der Waals surface area contributed by atoms with Crippen LogP contribution in [0, 0.1) is 0 Å². The predicted octanol–water partition coefficient (Wildman–Crippen LogP) is 2.06. The number of carbonyl (C=O) groups is 1. The molecule has 0 unspecified atom stereocenters. The molecule has 1 aliphatic heterocycles. The highest BCUT2D eigenvalue weighted by Gasteiger charge is 2.14.